The Hall–Kier alpha value is -2.01. The van der Waals surface area contributed by atoms with E-state index in [1.165, 1.54) is 19.3 Å². The molecule has 1 saturated heterocycles. The highest BCUT2D eigenvalue weighted by Gasteiger charge is 2.52. The molecule has 0 spiro atoms. The van der Waals surface area contributed by atoms with Crippen LogP contribution in [0.5, 0.6) is 11.5 Å². The molecule has 5 nitrogen and oxygen atoms in total. The van der Waals surface area contributed by atoms with Crippen molar-refractivity contribution in [3.63, 3.8) is 0 Å². The number of hydrogen-bond acceptors (Lipinski definition) is 5. The number of benzene rings is 1. The van der Waals surface area contributed by atoms with Gasteiger partial charge in [0.1, 0.15) is 6.10 Å². The number of nitrogens with one attached hydrogen (secondary N) is 1. The minimum atomic E-state index is -0.0502. The van der Waals surface area contributed by atoms with Crippen molar-refractivity contribution in [3.05, 3.63) is 34.9 Å². The van der Waals surface area contributed by atoms with Crippen LogP contribution in [0.1, 0.15) is 51.5 Å². The van der Waals surface area contributed by atoms with Crippen molar-refractivity contribution in [1.82, 2.24) is 5.32 Å². The van der Waals surface area contributed by atoms with E-state index in [1.807, 2.05) is 18.2 Å². The topological polar surface area (TPSA) is 56.8 Å². The van der Waals surface area contributed by atoms with Crippen molar-refractivity contribution in [2.24, 2.45) is 17.3 Å². The van der Waals surface area contributed by atoms with Gasteiger partial charge in [0.2, 0.25) is 6.79 Å². The third-order valence-electron chi connectivity index (χ3n) is 7.31. The molecule has 1 aromatic rings. The second-order valence-electron chi connectivity index (χ2n) is 9.15. The Morgan fingerprint density at radius 2 is 2.11 bits per heavy atom. The van der Waals surface area contributed by atoms with Gasteiger partial charge in [-0.15, -0.1) is 0 Å². The Labute approximate surface area is 166 Å². The van der Waals surface area contributed by atoms with E-state index in [0.717, 1.165) is 29.9 Å². The Bertz CT molecular complexity index is 832. The molecule has 0 radical (unpaired) electrons. The van der Waals surface area contributed by atoms with Crippen molar-refractivity contribution >= 4 is 5.97 Å². The fraction of sp³-hybridized carbons (Fsp3) is 0.609. The van der Waals surface area contributed by atoms with E-state index >= 15 is 0 Å². The van der Waals surface area contributed by atoms with Gasteiger partial charge in [0, 0.05) is 19.0 Å². The van der Waals surface area contributed by atoms with Crippen LogP contribution in [0.25, 0.3) is 0 Å². The molecule has 5 heteroatoms. The maximum atomic E-state index is 12.6. The number of allylic oxidation sites excluding steroid dienone is 2. The zero-order valence-corrected chi connectivity index (χ0v) is 16.8. The number of ether oxygens (including phenoxy) is 3. The maximum absolute atomic E-state index is 12.6. The zero-order chi connectivity index (χ0) is 19.3. The summed E-state index contributed by atoms with van der Waals surface area (Å²) >= 11 is 0. The Morgan fingerprint density at radius 3 is 3.00 bits per heavy atom. The predicted octanol–water partition coefficient (Wildman–Crippen LogP) is 3.96. The van der Waals surface area contributed by atoms with Gasteiger partial charge in [-0.2, -0.15) is 0 Å². The second-order valence-corrected chi connectivity index (χ2v) is 9.15. The molecular formula is C23H29NO4. The van der Waals surface area contributed by atoms with Gasteiger partial charge < -0.3 is 19.5 Å². The van der Waals surface area contributed by atoms with Gasteiger partial charge in [-0.05, 0) is 62.1 Å². The molecule has 0 bridgehead atoms. The Morgan fingerprint density at radius 1 is 1.25 bits per heavy atom. The molecule has 28 heavy (non-hydrogen) atoms. The first kappa shape index (κ1) is 18.0. The fourth-order valence-corrected chi connectivity index (χ4v) is 5.77. The molecule has 2 aliphatic heterocycles. The van der Waals surface area contributed by atoms with Crippen LogP contribution < -0.4 is 14.8 Å². The van der Waals surface area contributed by atoms with Crippen molar-refractivity contribution in [2.75, 3.05) is 13.3 Å². The van der Waals surface area contributed by atoms with Gasteiger partial charge in [-0.3, -0.25) is 4.79 Å². The molecule has 0 amide bonds. The lowest BCUT2D eigenvalue weighted by atomic mass is 9.59. The summed E-state index contributed by atoms with van der Waals surface area (Å²) in [6.45, 7) is 6.32. The van der Waals surface area contributed by atoms with Crippen LogP contribution in [0.15, 0.2) is 29.3 Å². The lowest BCUT2D eigenvalue weighted by Crippen LogP contribution is -2.40. The minimum Gasteiger partial charge on any atom is -0.462 e. The summed E-state index contributed by atoms with van der Waals surface area (Å²) in [5.74, 6) is 1.84. The van der Waals surface area contributed by atoms with Crippen LogP contribution in [-0.2, 0) is 16.1 Å². The first-order valence-corrected chi connectivity index (χ1v) is 10.5. The normalized spacial score (nSPS) is 33.5. The van der Waals surface area contributed by atoms with E-state index in [2.05, 4.69) is 19.2 Å². The van der Waals surface area contributed by atoms with Gasteiger partial charge >= 0.3 is 5.97 Å². The molecular weight excluding hydrogens is 354 g/mol. The summed E-state index contributed by atoms with van der Waals surface area (Å²) < 4.78 is 16.7. The van der Waals surface area contributed by atoms with Gasteiger partial charge in [-0.1, -0.05) is 24.1 Å². The van der Waals surface area contributed by atoms with E-state index in [4.69, 9.17) is 14.2 Å². The van der Waals surface area contributed by atoms with Crippen LogP contribution in [0, 0.1) is 17.3 Å². The molecule has 150 valence electrons. The highest BCUT2D eigenvalue weighted by Crippen LogP contribution is 2.54. The lowest BCUT2D eigenvalue weighted by molar-refractivity contribution is -0.145. The van der Waals surface area contributed by atoms with Crippen LogP contribution in [0.2, 0.25) is 0 Å². The minimum absolute atomic E-state index is 0.0197. The summed E-state index contributed by atoms with van der Waals surface area (Å²) in [6.07, 6.45) is 5.81. The van der Waals surface area contributed by atoms with Crippen LogP contribution in [-0.4, -0.2) is 25.4 Å². The molecule has 1 unspecified atom stereocenters. The quantitative estimate of drug-likeness (QED) is 0.630. The van der Waals surface area contributed by atoms with Gasteiger partial charge in [0.15, 0.2) is 11.5 Å². The van der Waals surface area contributed by atoms with Crippen LogP contribution in [0.4, 0.5) is 0 Å². The molecule has 0 aromatic heterocycles. The molecule has 2 heterocycles. The summed E-state index contributed by atoms with van der Waals surface area (Å²) in [5.41, 5.74) is 4.53. The highest BCUT2D eigenvalue weighted by molar-refractivity contribution is 5.76. The maximum Gasteiger partial charge on any atom is 0.310 e. The molecule has 5 rings (SSSR count). The van der Waals surface area contributed by atoms with E-state index in [9.17, 15) is 4.79 Å². The molecule has 4 aliphatic rings. The standard InChI is InChI=1S/C23H29NO4/c1-14-4-3-7-23(2)10-21-16(9-18(14)23)17(22(25)28-21)12-24-11-15-5-6-19-20(8-15)27-13-26-19/h5-6,8,16-17,21,24H,3-4,7,9-13H2,1-2H3/t16-,17?,21-,23-/m1/s1. The van der Waals surface area contributed by atoms with Crippen molar-refractivity contribution < 1.29 is 19.0 Å². The first-order valence-electron chi connectivity index (χ1n) is 10.5. The highest BCUT2D eigenvalue weighted by atomic mass is 16.7. The molecule has 4 atom stereocenters. The number of carbonyl (C=O) groups excluding carboxylic acids is 1. The van der Waals surface area contributed by atoms with Crippen molar-refractivity contribution in [2.45, 2.75) is 58.6 Å². The molecule has 1 aromatic carbocycles. The Balaban J connectivity index is 1.25. The van der Waals surface area contributed by atoms with Gasteiger partial charge in [-0.25, -0.2) is 0 Å². The van der Waals surface area contributed by atoms with Crippen LogP contribution in [0.3, 0.4) is 0 Å². The predicted molar refractivity (Wildman–Crippen MR) is 105 cm³/mol. The summed E-state index contributed by atoms with van der Waals surface area (Å²) in [5, 5.41) is 3.48. The third-order valence-corrected chi connectivity index (χ3v) is 7.31. The van der Waals surface area contributed by atoms with E-state index in [0.29, 0.717) is 19.0 Å². The second kappa shape index (κ2) is 6.80. The molecule has 2 aliphatic carbocycles. The molecule has 2 fully saturated rings. The van der Waals surface area contributed by atoms with Crippen LogP contribution >= 0.6 is 0 Å². The number of carbonyl (C=O) groups is 1. The van der Waals surface area contributed by atoms with Gasteiger partial charge in [0.25, 0.3) is 0 Å². The monoisotopic (exact) mass is 383 g/mol. The SMILES string of the molecule is CC1=C2C[C@@H]3C(CNCc4ccc5c(c4)OCO5)C(=O)O[C@@H]3C[C@@]2(C)CCC1. The first-order chi connectivity index (χ1) is 13.5. The largest absolute Gasteiger partial charge is 0.462 e. The number of esters is 1. The van der Waals surface area contributed by atoms with E-state index in [-0.39, 0.29) is 30.2 Å². The molecule has 1 saturated carbocycles. The lowest BCUT2D eigenvalue weighted by Gasteiger charge is -2.45. The van der Waals surface area contributed by atoms with Crippen molar-refractivity contribution in [1.29, 1.82) is 0 Å². The van der Waals surface area contributed by atoms with E-state index in [1.54, 1.807) is 11.1 Å². The third kappa shape index (κ3) is 3.00. The van der Waals surface area contributed by atoms with Crippen molar-refractivity contribution in [3.8, 4) is 11.5 Å². The average Bonchev–Trinajstić information content (AvgIpc) is 3.24. The molecule has 1 N–H and O–H groups in total. The van der Waals surface area contributed by atoms with E-state index < -0.39 is 0 Å². The smallest absolute Gasteiger partial charge is 0.310 e. The fourth-order valence-electron chi connectivity index (χ4n) is 5.77. The Kier molecular flexibility index (Phi) is 4.38. The van der Waals surface area contributed by atoms with Gasteiger partial charge in [0.05, 0.1) is 5.92 Å². The summed E-state index contributed by atoms with van der Waals surface area (Å²) in [7, 11) is 0. The number of fused-ring (bicyclic) bond motifs is 3. The summed E-state index contributed by atoms with van der Waals surface area (Å²) in [6, 6.07) is 5.99. The number of hydrogen-bond donors (Lipinski definition) is 1. The average molecular weight is 383 g/mol. The number of rotatable bonds is 4. The summed E-state index contributed by atoms with van der Waals surface area (Å²) in [4.78, 5) is 12.6. The zero-order valence-electron chi connectivity index (χ0n) is 16.8.